The monoisotopic (exact) mass is 763 g/mol. The maximum Gasteiger partial charge on any atom is 0.311 e. The molecule has 0 saturated carbocycles. The van der Waals surface area contributed by atoms with Crippen LogP contribution in [0.1, 0.15) is 75.7 Å². The summed E-state index contributed by atoms with van der Waals surface area (Å²) in [5.74, 6) is 0. The fraction of sp³-hybridized carbons (Fsp3) is 0.941. The van der Waals surface area contributed by atoms with E-state index in [4.69, 9.17) is 16.5 Å². The van der Waals surface area contributed by atoms with Crippen molar-refractivity contribution in [1.29, 1.82) is 0 Å². The largest absolute Gasteiger partial charge is 0.440 e. The van der Waals surface area contributed by atoms with Gasteiger partial charge < -0.3 is 26.3 Å². The molecule has 0 rings (SSSR count). The van der Waals surface area contributed by atoms with Gasteiger partial charge in [0.2, 0.25) is 0 Å². The lowest BCUT2D eigenvalue weighted by Crippen LogP contribution is -2.52. The molecule has 288 valence electrons. The van der Waals surface area contributed by atoms with Gasteiger partial charge >= 0.3 is 17.1 Å². The number of hydrogen-bond acceptors (Lipinski definition) is 6. The van der Waals surface area contributed by atoms with E-state index in [-0.39, 0.29) is 29.7 Å². The Morgan fingerprint density at radius 2 is 0.891 bits per heavy atom. The van der Waals surface area contributed by atoms with Crippen LogP contribution in [0, 0.1) is 0 Å². The SMILES string of the molecule is C.C.C.C.C=CCN(C)C.CCCC[Si](C)(C)O[Si](C)(C)O[SiH](C)C.CCCC[Si](C)(C)O[Si](C)(C)O[Si](C)(C)CCCN(C)C. The van der Waals surface area contributed by atoms with Crippen molar-refractivity contribution in [2.45, 2.75) is 172 Å². The zero-order valence-corrected chi connectivity index (χ0v) is 38.1. The predicted octanol–water partition coefficient (Wildman–Crippen LogP) is 11.9. The normalized spacial score (nSPS) is 12.0. The molecule has 46 heavy (non-hydrogen) atoms. The molecule has 0 bridgehead atoms. The van der Waals surface area contributed by atoms with E-state index in [1.807, 2.05) is 20.2 Å². The first-order chi connectivity index (χ1) is 18.8. The Morgan fingerprint density at radius 3 is 1.13 bits per heavy atom. The number of likely N-dealkylation sites (N-methyl/N-ethyl adjacent to an activating group) is 1. The fourth-order valence-electron chi connectivity index (χ4n) is 5.05. The topological polar surface area (TPSA) is 43.4 Å². The molecule has 0 N–H and O–H groups in total. The van der Waals surface area contributed by atoms with Gasteiger partial charge in [0.1, 0.15) is 0 Å². The Morgan fingerprint density at radius 1 is 0.565 bits per heavy atom. The van der Waals surface area contributed by atoms with Gasteiger partial charge in [0.15, 0.2) is 34.0 Å². The lowest BCUT2D eigenvalue weighted by Gasteiger charge is -2.39. The van der Waals surface area contributed by atoms with Crippen molar-refractivity contribution in [1.82, 2.24) is 9.80 Å². The molecule has 0 aromatic heterocycles. The van der Waals surface area contributed by atoms with Gasteiger partial charge in [-0.2, -0.15) is 0 Å². The lowest BCUT2D eigenvalue weighted by molar-refractivity contribution is 0.378. The number of rotatable bonds is 20. The van der Waals surface area contributed by atoms with Gasteiger partial charge in [0.05, 0.1) is 0 Å². The van der Waals surface area contributed by atoms with Crippen molar-refractivity contribution in [3.8, 4) is 0 Å². The van der Waals surface area contributed by atoms with Gasteiger partial charge in [-0.15, -0.1) is 6.58 Å². The molecule has 0 fully saturated rings. The summed E-state index contributed by atoms with van der Waals surface area (Å²) in [6.45, 7) is 37.5. The molecular weight excluding hydrogens is 669 g/mol. The van der Waals surface area contributed by atoms with Crippen LogP contribution in [0.25, 0.3) is 0 Å². The van der Waals surface area contributed by atoms with Crippen molar-refractivity contribution >= 4 is 51.1 Å². The molecule has 12 heteroatoms. The van der Waals surface area contributed by atoms with Crippen LogP contribution < -0.4 is 0 Å². The molecule has 0 spiro atoms. The standard InChI is InChI=1S/C15H39NO2Si3.C10H28O2Si3.C5H11N.4CH4/c1-10-11-14-19(4,5)17-21(8,9)18-20(6,7)15-12-13-16(2)3;1-8-9-10-14(4,5)12-15(6,7)11-13(2)3;1-4-5-6(2)3;;;;/h10-15H2,1-9H3;13H,8-10H2,1-7H3;4H,1,5H2,2-3H3;4*1H4. The molecule has 0 aliphatic heterocycles. The molecular formula is C34H94N2O4Si6. The number of hydrogen-bond donors (Lipinski definition) is 0. The zero-order chi connectivity index (χ0) is 33.8. The summed E-state index contributed by atoms with van der Waals surface area (Å²) in [5.41, 5.74) is 0. The molecule has 0 amide bonds. The van der Waals surface area contributed by atoms with Crippen LogP contribution in [-0.4, -0.2) is 102 Å². The maximum atomic E-state index is 6.59. The van der Waals surface area contributed by atoms with E-state index >= 15 is 0 Å². The van der Waals surface area contributed by atoms with Crippen molar-refractivity contribution < 1.29 is 16.5 Å². The minimum atomic E-state index is -1.99. The van der Waals surface area contributed by atoms with E-state index in [0.717, 1.165) is 13.1 Å². The first kappa shape index (κ1) is 62.0. The van der Waals surface area contributed by atoms with Crippen molar-refractivity contribution in [2.24, 2.45) is 0 Å². The minimum Gasteiger partial charge on any atom is -0.440 e. The third-order valence-electron chi connectivity index (χ3n) is 6.23. The van der Waals surface area contributed by atoms with E-state index in [0.29, 0.717) is 0 Å². The Kier molecular flexibility index (Phi) is 41.2. The highest BCUT2D eigenvalue weighted by atomic mass is 28.5. The Labute approximate surface area is 302 Å². The molecule has 0 aliphatic carbocycles. The van der Waals surface area contributed by atoms with Gasteiger partial charge in [-0.25, -0.2) is 0 Å². The molecule has 6 nitrogen and oxygen atoms in total. The highest BCUT2D eigenvalue weighted by molar-refractivity contribution is 6.88. The average Bonchev–Trinajstić information content (AvgIpc) is 2.73. The van der Waals surface area contributed by atoms with E-state index < -0.39 is 51.1 Å². The summed E-state index contributed by atoms with van der Waals surface area (Å²) in [7, 11) is -1.10. The Balaban J connectivity index is -0.000000107. The quantitative estimate of drug-likeness (QED) is 0.0909. The molecule has 0 unspecified atom stereocenters. The van der Waals surface area contributed by atoms with E-state index in [1.165, 1.54) is 50.2 Å². The molecule has 0 aromatic carbocycles. The summed E-state index contributed by atoms with van der Waals surface area (Å²) in [4.78, 5) is 4.32. The molecule has 0 aromatic rings. The smallest absolute Gasteiger partial charge is 0.311 e. The fourth-order valence-corrected chi connectivity index (χ4v) is 31.4. The van der Waals surface area contributed by atoms with Crippen LogP contribution in [0.2, 0.25) is 96.7 Å². The third kappa shape index (κ3) is 44.8. The Bertz CT molecular complexity index is 678. The summed E-state index contributed by atoms with van der Waals surface area (Å²) in [6.07, 6.45) is 8.21. The average molecular weight is 764 g/mol. The second-order valence-electron chi connectivity index (χ2n) is 15.2. The molecule has 0 radical (unpaired) electrons. The second kappa shape index (κ2) is 30.6. The summed E-state index contributed by atoms with van der Waals surface area (Å²) in [5, 5.41) is 0. The minimum absolute atomic E-state index is 0. The first-order valence-corrected chi connectivity index (χ1v) is 34.3. The van der Waals surface area contributed by atoms with Gasteiger partial charge in [0, 0.05) is 6.54 Å². The molecule has 0 atom stereocenters. The predicted molar refractivity (Wildman–Crippen MR) is 234 cm³/mol. The summed E-state index contributed by atoms with van der Waals surface area (Å²) in [6, 6.07) is 3.75. The van der Waals surface area contributed by atoms with E-state index in [2.05, 4.69) is 123 Å². The van der Waals surface area contributed by atoms with Gasteiger partial charge in [0.25, 0.3) is 0 Å². The number of nitrogens with zero attached hydrogens (tertiary/aromatic N) is 2. The third-order valence-corrected chi connectivity index (χ3v) is 27.6. The van der Waals surface area contributed by atoms with Crippen LogP contribution in [0.5, 0.6) is 0 Å². The Hall–Kier alpha value is 0.801. The molecule has 0 saturated heterocycles. The van der Waals surface area contributed by atoms with E-state index in [9.17, 15) is 0 Å². The lowest BCUT2D eigenvalue weighted by atomic mass is 10.4. The molecule has 0 heterocycles. The second-order valence-corrected chi connectivity index (χ2v) is 38.4. The van der Waals surface area contributed by atoms with Crippen molar-refractivity contribution in [2.75, 3.05) is 41.3 Å². The van der Waals surface area contributed by atoms with Crippen LogP contribution in [0.4, 0.5) is 0 Å². The van der Waals surface area contributed by atoms with Gasteiger partial charge in [-0.05, 0) is 138 Å². The maximum absolute atomic E-state index is 6.59. The van der Waals surface area contributed by atoms with Crippen LogP contribution in [0.15, 0.2) is 12.7 Å². The number of unbranched alkanes of at least 4 members (excludes halogenated alkanes) is 2. The van der Waals surface area contributed by atoms with E-state index in [1.54, 1.807) is 0 Å². The zero-order valence-electron chi connectivity index (χ0n) is 32.0. The summed E-state index contributed by atoms with van der Waals surface area (Å²) >= 11 is 0. The van der Waals surface area contributed by atoms with Crippen molar-refractivity contribution in [3.63, 3.8) is 0 Å². The van der Waals surface area contributed by atoms with Gasteiger partial charge in [-0.3, -0.25) is 0 Å². The van der Waals surface area contributed by atoms with Gasteiger partial charge in [-0.1, -0.05) is 75.3 Å². The van der Waals surface area contributed by atoms with Crippen LogP contribution in [-0.2, 0) is 16.5 Å². The first-order valence-electron chi connectivity index (χ1n) is 16.5. The highest BCUT2D eigenvalue weighted by Crippen LogP contribution is 2.26. The summed E-state index contributed by atoms with van der Waals surface area (Å²) < 4.78 is 25.5. The van der Waals surface area contributed by atoms with Crippen molar-refractivity contribution in [3.05, 3.63) is 12.7 Å². The highest BCUT2D eigenvalue weighted by Gasteiger charge is 2.39. The van der Waals surface area contributed by atoms with Crippen LogP contribution >= 0.6 is 0 Å². The molecule has 0 aliphatic rings. The van der Waals surface area contributed by atoms with Crippen LogP contribution in [0.3, 0.4) is 0 Å².